The van der Waals surface area contributed by atoms with E-state index in [4.69, 9.17) is 0 Å². The zero-order chi connectivity index (χ0) is 20.2. The van der Waals surface area contributed by atoms with Gasteiger partial charge < -0.3 is 4.90 Å². The molecule has 0 saturated carbocycles. The summed E-state index contributed by atoms with van der Waals surface area (Å²) in [4.78, 5) is 15.7. The molecule has 0 spiro atoms. The second-order valence-electron chi connectivity index (χ2n) is 6.93. The quantitative estimate of drug-likeness (QED) is 0.611. The largest absolute Gasteiger partial charge is 0.347 e. The maximum atomic E-state index is 12.4. The number of benzene rings is 1. The zero-order valence-electron chi connectivity index (χ0n) is 15.9. The number of likely N-dealkylation sites (tertiary alicyclic amines) is 1. The number of likely N-dealkylation sites (N-methyl/N-ethyl adjacent to an activating group) is 1. The van der Waals surface area contributed by atoms with Crippen LogP contribution in [0.25, 0.3) is 0 Å². The van der Waals surface area contributed by atoms with Gasteiger partial charge in [0.15, 0.2) is 9.84 Å². The SMILES string of the molecule is CN(C)C(=O)C1CCCN1CCCNS(=O)(=O)c1cccc(S(C)(=O)=O)c1. The third-order valence-corrected chi connectivity index (χ3v) is 7.12. The van der Waals surface area contributed by atoms with Crippen molar-refractivity contribution >= 4 is 25.8 Å². The highest BCUT2D eigenvalue weighted by Gasteiger charge is 2.31. The number of rotatable bonds is 8. The molecule has 10 heteroatoms. The minimum absolute atomic E-state index is 0.0347. The van der Waals surface area contributed by atoms with E-state index in [0.29, 0.717) is 13.0 Å². The molecule has 1 unspecified atom stereocenters. The van der Waals surface area contributed by atoms with Crippen LogP contribution in [0.5, 0.6) is 0 Å². The van der Waals surface area contributed by atoms with Gasteiger partial charge in [-0.3, -0.25) is 9.69 Å². The van der Waals surface area contributed by atoms with Crippen LogP contribution in [0.2, 0.25) is 0 Å². The summed E-state index contributed by atoms with van der Waals surface area (Å²) in [6.07, 6.45) is 3.37. The lowest BCUT2D eigenvalue weighted by molar-refractivity contribution is -0.133. The lowest BCUT2D eigenvalue weighted by Crippen LogP contribution is -2.43. The van der Waals surface area contributed by atoms with Crippen molar-refractivity contribution in [3.63, 3.8) is 0 Å². The average molecular weight is 418 g/mol. The summed E-state index contributed by atoms with van der Waals surface area (Å²) >= 11 is 0. The number of carbonyl (C=O) groups excluding carboxylic acids is 1. The molecule has 27 heavy (non-hydrogen) atoms. The van der Waals surface area contributed by atoms with Crippen molar-refractivity contribution in [3.8, 4) is 0 Å². The highest BCUT2D eigenvalue weighted by molar-refractivity contribution is 7.91. The Morgan fingerprint density at radius 2 is 1.89 bits per heavy atom. The fourth-order valence-corrected chi connectivity index (χ4v) is 4.98. The van der Waals surface area contributed by atoms with E-state index in [9.17, 15) is 21.6 Å². The predicted molar refractivity (Wildman–Crippen MR) is 103 cm³/mol. The van der Waals surface area contributed by atoms with Crippen molar-refractivity contribution in [2.24, 2.45) is 0 Å². The maximum absolute atomic E-state index is 12.4. The molecule has 1 aromatic carbocycles. The van der Waals surface area contributed by atoms with Crippen LogP contribution in [0.3, 0.4) is 0 Å². The molecule has 0 bridgehead atoms. The van der Waals surface area contributed by atoms with E-state index in [1.165, 1.54) is 18.2 Å². The predicted octanol–water partition coefficient (Wildman–Crippen LogP) is 0.311. The van der Waals surface area contributed by atoms with Gasteiger partial charge in [0.2, 0.25) is 15.9 Å². The summed E-state index contributed by atoms with van der Waals surface area (Å²) in [5, 5.41) is 0. The second kappa shape index (κ2) is 8.68. The molecule has 152 valence electrons. The molecule has 1 saturated heterocycles. The highest BCUT2D eigenvalue weighted by atomic mass is 32.2. The summed E-state index contributed by atoms with van der Waals surface area (Å²) < 4.78 is 50.5. The van der Waals surface area contributed by atoms with Gasteiger partial charge in [-0.25, -0.2) is 21.6 Å². The van der Waals surface area contributed by atoms with Gasteiger partial charge in [-0.2, -0.15) is 0 Å². The number of amides is 1. The first-order valence-electron chi connectivity index (χ1n) is 8.77. The number of hydrogen-bond donors (Lipinski definition) is 1. The minimum Gasteiger partial charge on any atom is -0.347 e. The van der Waals surface area contributed by atoms with E-state index in [2.05, 4.69) is 9.62 Å². The van der Waals surface area contributed by atoms with E-state index in [0.717, 1.165) is 31.7 Å². The summed E-state index contributed by atoms with van der Waals surface area (Å²) in [5.74, 6) is 0.0747. The molecule has 1 amide bonds. The first-order chi connectivity index (χ1) is 12.5. The van der Waals surface area contributed by atoms with Crippen molar-refractivity contribution in [3.05, 3.63) is 24.3 Å². The van der Waals surface area contributed by atoms with Crippen LogP contribution in [-0.2, 0) is 24.7 Å². The second-order valence-corrected chi connectivity index (χ2v) is 10.7. The van der Waals surface area contributed by atoms with E-state index < -0.39 is 19.9 Å². The number of sulfone groups is 1. The Bertz CT molecular complexity index is 882. The Morgan fingerprint density at radius 3 is 2.52 bits per heavy atom. The normalized spacial score (nSPS) is 18.6. The lowest BCUT2D eigenvalue weighted by atomic mass is 10.2. The molecule has 1 aliphatic rings. The van der Waals surface area contributed by atoms with Crippen molar-refractivity contribution in [1.82, 2.24) is 14.5 Å². The van der Waals surface area contributed by atoms with Gasteiger partial charge in [0, 0.05) is 33.4 Å². The standard InChI is InChI=1S/C17H27N3O5S2/c1-19(2)17(21)16-9-5-11-20(16)12-6-10-18-27(24,25)15-8-4-7-14(13-15)26(3,22)23/h4,7-8,13,16,18H,5-6,9-12H2,1-3H3. The Morgan fingerprint density at radius 1 is 1.22 bits per heavy atom. The Hall–Kier alpha value is -1.49. The number of carbonyl (C=O) groups is 1. The topological polar surface area (TPSA) is 104 Å². The van der Waals surface area contributed by atoms with Crippen molar-refractivity contribution in [2.45, 2.75) is 35.1 Å². The van der Waals surface area contributed by atoms with Crippen LogP contribution >= 0.6 is 0 Å². The molecule has 0 radical (unpaired) electrons. The van der Waals surface area contributed by atoms with Crippen LogP contribution < -0.4 is 4.72 Å². The summed E-state index contributed by atoms with van der Waals surface area (Å²) in [6, 6.07) is 5.16. The highest BCUT2D eigenvalue weighted by Crippen LogP contribution is 2.19. The van der Waals surface area contributed by atoms with Crippen molar-refractivity contribution < 1.29 is 21.6 Å². The summed E-state index contributed by atoms with van der Waals surface area (Å²) in [7, 11) is -3.80. The van der Waals surface area contributed by atoms with Gasteiger partial charge in [0.05, 0.1) is 15.8 Å². The number of sulfonamides is 1. The van der Waals surface area contributed by atoms with Crippen LogP contribution in [0.15, 0.2) is 34.1 Å². The third-order valence-electron chi connectivity index (χ3n) is 4.55. The summed E-state index contributed by atoms with van der Waals surface area (Å²) in [6.45, 7) is 1.66. The molecule has 1 atom stereocenters. The number of nitrogens with one attached hydrogen (secondary N) is 1. The maximum Gasteiger partial charge on any atom is 0.240 e. The molecule has 1 heterocycles. The smallest absolute Gasteiger partial charge is 0.240 e. The van der Waals surface area contributed by atoms with E-state index >= 15 is 0 Å². The van der Waals surface area contributed by atoms with Crippen molar-refractivity contribution in [1.29, 1.82) is 0 Å². The fourth-order valence-electron chi connectivity index (χ4n) is 3.12. The van der Waals surface area contributed by atoms with Gasteiger partial charge in [-0.15, -0.1) is 0 Å². The molecule has 1 aromatic rings. The molecule has 1 N–H and O–H groups in total. The Labute approximate surface area is 161 Å². The van der Waals surface area contributed by atoms with Crippen LogP contribution in [-0.4, -0.2) is 78.6 Å². The third kappa shape index (κ3) is 5.74. The van der Waals surface area contributed by atoms with Crippen LogP contribution in [0, 0.1) is 0 Å². The first-order valence-corrected chi connectivity index (χ1v) is 12.1. The molecule has 1 fully saturated rings. The van der Waals surface area contributed by atoms with Crippen LogP contribution in [0.4, 0.5) is 0 Å². The fraction of sp³-hybridized carbons (Fsp3) is 0.588. The Balaban J connectivity index is 1.92. The van der Waals surface area contributed by atoms with E-state index in [1.54, 1.807) is 19.0 Å². The van der Waals surface area contributed by atoms with Gasteiger partial charge in [-0.1, -0.05) is 6.07 Å². The molecular weight excluding hydrogens is 390 g/mol. The average Bonchev–Trinajstić information content (AvgIpc) is 3.05. The zero-order valence-corrected chi connectivity index (χ0v) is 17.5. The van der Waals surface area contributed by atoms with Crippen molar-refractivity contribution in [2.75, 3.05) is 40.0 Å². The van der Waals surface area contributed by atoms with Gasteiger partial charge >= 0.3 is 0 Å². The minimum atomic E-state index is -3.79. The molecule has 1 aliphatic heterocycles. The first kappa shape index (κ1) is 21.8. The number of nitrogens with zero attached hydrogens (tertiary/aromatic N) is 2. The molecule has 8 nitrogen and oxygen atoms in total. The summed E-state index contributed by atoms with van der Waals surface area (Å²) in [5.41, 5.74) is 0. The molecular formula is C17H27N3O5S2. The molecule has 0 aromatic heterocycles. The molecule has 2 rings (SSSR count). The van der Waals surface area contributed by atoms with Gasteiger partial charge in [0.25, 0.3) is 0 Å². The van der Waals surface area contributed by atoms with Crippen LogP contribution in [0.1, 0.15) is 19.3 Å². The molecule has 0 aliphatic carbocycles. The van der Waals surface area contributed by atoms with E-state index in [-0.39, 0.29) is 28.3 Å². The Kier molecular flexibility index (Phi) is 7.01. The van der Waals surface area contributed by atoms with Gasteiger partial charge in [0.1, 0.15) is 0 Å². The van der Waals surface area contributed by atoms with E-state index in [1.807, 2.05) is 0 Å². The lowest BCUT2D eigenvalue weighted by Gasteiger charge is -2.26. The van der Waals surface area contributed by atoms with Gasteiger partial charge in [-0.05, 0) is 44.0 Å². The monoisotopic (exact) mass is 417 g/mol. The number of hydrogen-bond acceptors (Lipinski definition) is 6.